The van der Waals surface area contributed by atoms with Gasteiger partial charge in [-0.05, 0) is 66.6 Å². The molecule has 3 unspecified atom stereocenters. The molecule has 0 bridgehead atoms. The predicted octanol–water partition coefficient (Wildman–Crippen LogP) is 4.13. The Morgan fingerprint density at radius 3 is 2.68 bits per heavy atom. The highest BCUT2D eigenvalue weighted by Gasteiger charge is 2.40. The van der Waals surface area contributed by atoms with Crippen LogP contribution in [0.4, 0.5) is 0 Å². The Labute approximate surface area is 114 Å². The molecule has 0 aromatic heterocycles. The first-order chi connectivity index (χ1) is 9.34. The second-order valence-corrected chi connectivity index (χ2v) is 6.33. The van der Waals surface area contributed by atoms with Crippen molar-refractivity contribution in [3.05, 3.63) is 47.1 Å². The average Bonchev–Trinajstić information content (AvgIpc) is 2.47. The number of Topliss-reactive ketones (excluding diaryl/α,β-unsaturated/α-hetero) is 1. The summed E-state index contributed by atoms with van der Waals surface area (Å²) < 4.78 is 0. The second kappa shape index (κ2) is 4.33. The third-order valence-electron chi connectivity index (χ3n) is 5.40. The maximum Gasteiger partial charge on any atom is 0.159 e. The molecule has 2 saturated carbocycles. The van der Waals surface area contributed by atoms with E-state index in [9.17, 15) is 4.79 Å². The fourth-order valence-electron chi connectivity index (χ4n) is 4.47. The van der Waals surface area contributed by atoms with Crippen LogP contribution in [0.25, 0.3) is 0 Å². The molecule has 0 aliphatic heterocycles. The van der Waals surface area contributed by atoms with Crippen LogP contribution in [0.2, 0.25) is 0 Å². The minimum absolute atomic E-state index is 0.409. The molecule has 0 heterocycles. The van der Waals surface area contributed by atoms with Gasteiger partial charge in [-0.1, -0.05) is 30.4 Å². The normalized spacial score (nSPS) is 36.5. The van der Waals surface area contributed by atoms with Gasteiger partial charge in [0.25, 0.3) is 0 Å². The first kappa shape index (κ1) is 11.5. The number of carbonyl (C=O) groups is 1. The molecule has 0 saturated heterocycles. The van der Waals surface area contributed by atoms with Crippen LogP contribution in [-0.4, -0.2) is 5.78 Å². The third kappa shape index (κ3) is 1.71. The monoisotopic (exact) mass is 252 g/mol. The van der Waals surface area contributed by atoms with Crippen molar-refractivity contribution in [2.24, 2.45) is 17.8 Å². The molecule has 2 fully saturated rings. The molecule has 0 aromatic rings. The van der Waals surface area contributed by atoms with E-state index in [4.69, 9.17) is 0 Å². The molecule has 1 heteroatoms. The number of carbonyl (C=O) groups excluding carboxylic acids is 1. The van der Waals surface area contributed by atoms with Crippen LogP contribution in [-0.2, 0) is 4.79 Å². The Bertz CT molecular complexity index is 544. The van der Waals surface area contributed by atoms with Gasteiger partial charge in [0, 0.05) is 6.42 Å². The molecule has 3 atom stereocenters. The summed E-state index contributed by atoms with van der Waals surface area (Å²) in [6, 6.07) is 0. The molecule has 0 radical (unpaired) electrons. The molecule has 98 valence electrons. The number of ketones is 1. The number of allylic oxidation sites excluding steroid dienone is 8. The first-order valence-electron chi connectivity index (χ1n) is 7.66. The zero-order chi connectivity index (χ0) is 12.8. The topological polar surface area (TPSA) is 17.1 Å². The molecule has 1 nitrogen and oxygen atoms in total. The van der Waals surface area contributed by atoms with Crippen molar-refractivity contribution in [1.29, 1.82) is 0 Å². The van der Waals surface area contributed by atoms with E-state index in [0.717, 1.165) is 24.3 Å². The summed E-state index contributed by atoms with van der Waals surface area (Å²) in [6.07, 6.45) is 18.1. The first-order valence-corrected chi connectivity index (χ1v) is 7.66. The van der Waals surface area contributed by atoms with Crippen LogP contribution in [0.5, 0.6) is 0 Å². The van der Waals surface area contributed by atoms with Crippen LogP contribution < -0.4 is 0 Å². The van der Waals surface area contributed by atoms with Gasteiger partial charge >= 0.3 is 0 Å². The van der Waals surface area contributed by atoms with Crippen LogP contribution in [0.3, 0.4) is 0 Å². The lowest BCUT2D eigenvalue weighted by Crippen LogP contribution is -2.33. The Hall–Kier alpha value is -1.37. The van der Waals surface area contributed by atoms with Gasteiger partial charge in [-0.2, -0.15) is 0 Å². The largest absolute Gasteiger partial charge is 0.295 e. The van der Waals surface area contributed by atoms with E-state index in [0.29, 0.717) is 17.6 Å². The van der Waals surface area contributed by atoms with Gasteiger partial charge in [0.2, 0.25) is 0 Å². The molecule has 0 spiro atoms. The minimum Gasteiger partial charge on any atom is -0.295 e. The maximum atomic E-state index is 12.1. The molecule has 0 amide bonds. The quantitative estimate of drug-likeness (QED) is 0.633. The Kier molecular flexibility index (Phi) is 2.61. The molecule has 19 heavy (non-hydrogen) atoms. The van der Waals surface area contributed by atoms with Crippen molar-refractivity contribution in [2.75, 3.05) is 0 Å². The average molecular weight is 252 g/mol. The van der Waals surface area contributed by atoms with E-state index in [-0.39, 0.29) is 0 Å². The molecule has 4 aliphatic rings. The molecular weight excluding hydrogens is 232 g/mol. The van der Waals surface area contributed by atoms with Gasteiger partial charge < -0.3 is 0 Å². The van der Waals surface area contributed by atoms with Crippen LogP contribution in [0.1, 0.15) is 38.5 Å². The van der Waals surface area contributed by atoms with E-state index in [1.54, 1.807) is 11.1 Å². The third-order valence-corrected chi connectivity index (χ3v) is 5.40. The summed E-state index contributed by atoms with van der Waals surface area (Å²) in [6.45, 7) is 0. The highest BCUT2D eigenvalue weighted by Crippen LogP contribution is 2.50. The van der Waals surface area contributed by atoms with E-state index < -0.39 is 0 Å². The SMILES string of the molecule is O=C1CCCC2C1=CC=C1C3=CC=CCC3CCC12. The lowest BCUT2D eigenvalue weighted by Gasteiger charge is -2.42. The van der Waals surface area contributed by atoms with Crippen LogP contribution in [0.15, 0.2) is 47.1 Å². The highest BCUT2D eigenvalue weighted by molar-refractivity contribution is 5.97. The number of hydrogen-bond donors (Lipinski definition) is 0. The van der Waals surface area contributed by atoms with E-state index >= 15 is 0 Å². The predicted molar refractivity (Wildman–Crippen MR) is 76.6 cm³/mol. The Morgan fingerprint density at radius 2 is 1.74 bits per heavy atom. The maximum absolute atomic E-state index is 12.1. The Balaban J connectivity index is 1.77. The fourth-order valence-corrected chi connectivity index (χ4v) is 4.47. The molecule has 4 aliphatic carbocycles. The number of fused-ring (bicyclic) bond motifs is 5. The zero-order valence-corrected chi connectivity index (χ0v) is 11.3. The van der Waals surface area contributed by atoms with E-state index in [1.807, 2.05) is 0 Å². The second-order valence-electron chi connectivity index (χ2n) is 6.33. The summed E-state index contributed by atoms with van der Waals surface area (Å²) >= 11 is 0. The fraction of sp³-hybridized carbons (Fsp3) is 0.500. The summed E-state index contributed by atoms with van der Waals surface area (Å²) in [5, 5.41) is 0. The van der Waals surface area contributed by atoms with Crippen molar-refractivity contribution in [3.63, 3.8) is 0 Å². The van der Waals surface area contributed by atoms with Gasteiger partial charge in [0.05, 0.1) is 0 Å². The standard InChI is InChI=1S/C18H20O/c19-18-7-3-6-14-16-9-8-12-4-1-2-5-13(12)15(16)10-11-17(14)18/h1-2,5,10-12,14,16H,3-4,6-9H2. The van der Waals surface area contributed by atoms with Gasteiger partial charge in [0.15, 0.2) is 5.78 Å². The summed E-state index contributed by atoms with van der Waals surface area (Å²) in [4.78, 5) is 12.1. The highest BCUT2D eigenvalue weighted by atomic mass is 16.1. The lowest BCUT2D eigenvalue weighted by atomic mass is 9.61. The molecule has 0 aromatic carbocycles. The van der Waals surface area contributed by atoms with Crippen molar-refractivity contribution in [1.82, 2.24) is 0 Å². The van der Waals surface area contributed by atoms with Crippen LogP contribution >= 0.6 is 0 Å². The summed E-state index contributed by atoms with van der Waals surface area (Å²) in [7, 11) is 0. The van der Waals surface area contributed by atoms with Gasteiger partial charge in [-0.3, -0.25) is 4.79 Å². The minimum atomic E-state index is 0.409. The van der Waals surface area contributed by atoms with Gasteiger partial charge in [-0.15, -0.1) is 0 Å². The van der Waals surface area contributed by atoms with Crippen LogP contribution in [0, 0.1) is 17.8 Å². The smallest absolute Gasteiger partial charge is 0.159 e. The van der Waals surface area contributed by atoms with E-state index in [2.05, 4.69) is 30.4 Å². The number of hydrogen-bond acceptors (Lipinski definition) is 1. The zero-order valence-electron chi connectivity index (χ0n) is 11.3. The van der Waals surface area contributed by atoms with Crippen molar-refractivity contribution < 1.29 is 4.79 Å². The van der Waals surface area contributed by atoms with Gasteiger partial charge in [-0.25, -0.2) is 0 Å². The van der Waals surface area contributed by atoms with Gasteiger partial charge in [0.1, 0.15) is 0 Å². The lowest BCUT2D eigenvalue weighted by molar-refractivity contribution is -0.117. The van der Waals surface area contributed by atoms with E-state index in [1.165, 1.54) is 25.7 Å². The number of rotatable bonds is 0. The summed E-state index contributed by atoms with van der Waals surface area (Å²) in [5.74, 6) is 2.29. The van der Waals surface area contributed by atoms with Crippen molar-refractivity contribution >= 4 is 5.78 Å². The van der Waals surface area contributed by atoms with Crippen molar-refractivity contribution in [3.8, 4) is 0 Å². The molecular formula is C18H20O. The van der Waals surface area contributed by atoms with Crippen molar-refractivity contribution in [2.45, 2.75) is 38.5 Å². The summed E-state index contributed by atoms with van der Waals surface area (Å²) in [5.41, 5.74) is 4.24. The molecule has 0 N–H and O–H groups in total. The Morgan fingerprint density at radius 1 is 0.895 bits per heavy atom. The molecule has 4 rings (SSSR count).